The van der Waals surface area contributed by atoms with Crippen molar-refractivity contribution in [3.63, 3.8) is 0 Å². The molecule has 0 aliphatic rings. The number of hydrogen-bond donors (Lipinski definition) is 0. The van der Waals surface area contributed by atoms with E-state index in [9.17, 15) is 4.79 Å². The highest BCUT2D eigenvalue weighted by Crippen LogP contribution is 2.29. The molecule has 5 nitrogen and oxygen atoms in total. The topological polar surface area (TPSA) is 60.9 Å². The number of hydrogen-bond acceptors (Lipinski definition) is 5. The molecule has 3 aromatic carbocycles. The Morgan fingerprint density at radius 3 is 2.41 bits per heavy atom. The molecule has 5 rings (SSSR count). The Balaban J connectivity index is 1.54. The summed E-state index contributed by atoms with van der Waals surface area (Å²) < 4.78 is 7.64. The average molecular weight is 440 g/mol. The average Bonchev–Trinajstić information content (AvgIpc) is 3.19. The third-order valence-corrected chi connectivity index (χ3v) is 6.32. The van der Waals surface area contributed by atoms with Crippen LogP contribution in [0.5, 0.6) is 0 Å². The zero-order chi connectivity index (χ0) is 22.1. The van der Waals surface area contributed by atoms with E-state index >= 15 is 0 Å². The van der Waals surface area contributed by atoms with Gasteiger partial charge < -0.3 is 4.42 Å². The van der Waals surface area contributed by atoms with Gasteiger partial charge in [-0.3, -0.25) is 9.36 Å². The number of rotatable bonds is 5. The lowest BCUT2D eigenvalue weighted by atomic mass is 10.1. The van der Waals surface area contributed by atoms with E-state index in [-0.39, 0.29) is 5.56 Å². The van der Waals surface area contributed by atoms with Crippen molar-refractivity contribution in [2.24, 2.45) is 0 Å². The van der Waals surface area contributed by atoms with Crippen LogP contribution in [0.15, 0.2) is 93.2 Å². The highest BCUT2D eigenvalue weighted by atomic mass is 32.2. The zero-order valence-electron chi connectivity index (χ0n) is 17.8. The predicted molar refractivity (Wildman–Crippen MR) is 128 cm³/mol. The number of fused-ring (bicyclic) bond motifs is 1. The van der Waals surface area contributed by atoms with Gasteiger partial charge >= 0.3 is 0 Å². The van der Waals surface area contributed by atoms with Crippen LogP contribution in [-0.2, 0) is 5.75 Å². The Labute approximate surface area is 189 Å². The molecule has 0 atom stereocenters. The summed E-state index contributed by atoms with van der Waals surface area (Å²) in [6.45, 7) is 3.96. The maximum atomic E-state index is 13.3. The van der Waals surface area contributed by atoms with E-state index in [1.165, 1.54) is 11.8 Å². The second-order valence-electron chi connectivity index (χ2n) is 7.51. The second-order valence-corrected chi connectivity index (χ2v) is 8.46. The maximum absolute atomic E-state index is 13.3. The SMILES string of the molecule is Cc1ccccc1-c1nc(CSc2nc3ccccc3c(=O)n2-c2ccccc2)c(C)o1. The molecule has 0 unspecified atom stereocenters. The first-order valence-corrected chi connectivity index (χ1v) is 11.3. The Bertz CT molecular complexity index is 1470. The fourth-order valence-electron chi connectivity index (χ4n) is 3.64. The largest absolute Gasteiger partial charge is 0.441 e. The summed E-state index contributed by atoms with van der Waals surface area (Å²) in [6.07, 6.45) is 0. The predicted octanol–water partition coefficient (Wildman–Crippen LogP) is 5.95. The first-order valence-electron chi connectivity index (χ1n) is 10.3. The lowest BCUT2D eigenvalue weighted by molar-refractivity contribution is 0.540. The molecule has 5 aromatic rings. The van der Waals surface area contributed by atoms with E-state index in [1.807, 2.05) is 92.7 Å². The van der Waals surface area contributed by atoms with Crippen LogP contribution in [0.1, 0.15) is 17.0 Å². The van der Waals surface area contributed by atoms with Crippen LogP contribution in [0.3, 0.4) is 0 Å². The number of benzene rings is 3. The first kappa shape index (κ1) is 20.3. The fraction of sp³-hybridized carbons (Fsp3) is 0.115. The van der Waals surface area contributed by atoms with E-state index < -0.39 is 0 Å². The van der Waals surface area contributed by atoms with Crippen molar-refractivity contribution in [1.29, 1.82) is 0 Å². The van der Waals surface area contributed by atoms with Gasteiger partial charge in [-0.25, -0.2) is 9.97 Å². The summed E-state index contributed by atoms with van der Waals surface area (Å²) in [7, 11) is 0. The Hall–Kier alpha value is -3.64. The van der Waals surface area contributed by atoms with Gasteiger partial charge in [-0.05, 0) is 49.7 Å². The van der Waals surface area contributed by atoms with Crippen molar-refractivity contribution < 1.29 is 4.42 Å². The maximum Gasteiger partial charge on any atom is 0.266 e. The summed E-state index contributed by atoms with van der Waals surface area (Å²) in [6, 6.07) is 25.1. The molecule has 0 bridgehead atoms. The lowest BCUT2D eigenvalue weighted by Crippen LogP contribution is -2.21. The summed E-state index contributed by atoms with van der Waals surface area (Å²) in [4.78, 5) is 22.9. The van der Waals surface area contributed by atoms with Gasteiger partial charge in [0.15, 0.2) is 5.16 Å². The molecule has 32 heavy (non-hydrogen) atoms. The molecular formula is C26H21N3O2S. The molecule has 158 valence electrons. The van der Waals surface area contributed by atoms with Gasteiger partial charge in [0, 0.05) is 11.3 Å². The Morgan fingerprint density at radius 2 is 1.59 bits per heavy atom. The van der Waals surface area contributed by atoms with Crippen LogP contribution < -0.4 is 5.56 Å². The highest BCUT2D eigenvalue weighted by molar-refractivity contribution is 7.98. The second kappa shape index (κ2) is 8.48. The Kier molecular flexibility index (Phi) is 5.37. The zero-order valence-corrected chi connectivity index (χ0v) is 18.6. The molecule has 6 heteroatoms. The van der Waals surface area contributed by atoms with Gasteiger partial charge in [-0.15, -0.1) is 0 Å². The molecule has 0 amide bonds. The first-order chi connectivity index (χ1) is 15.6. The molecule has 2 aromatic heterocycles. The number of aromatic nitrogens is 3. The minimum absolute atomic E-state index is 0.0817. The van der Waals surface area contributed by atoms with E-state index in [1.54, 1.807) is 4.57 Å². The van der Waals surface area contributed by atoms with Gasteiger partial charge in [0.05, 0.1) is 22.3 Å². The van der Waals surface area contributed by atoms with Crippen molar-refractivity contribution in [3.05, 3.63) is 106 Å². The van der Waals surface area contributed by atoms with Gasteiger partial charge in [0.1, 0.15) is 5.76 Å². The third kappa shape index (κ3) is 3.74. The molecule has 0 spiro atoms. The number of nitrogens with zero attached hydrogens (tertiary/aromatic N) is 3. The molecule has 0 N–H and O–H groups in total. The van der Waals surface area contributed by atoms with Crippen molar-refractivity contribution in [2.75, 3.05) is 0 Å². The molecule has 2 heterocycles. The molecule has 0 saturated heterocycles. The van der Waals surface area contributed by atoms with Crippen molar-refractivity contribution >= 4 is 22.7 Å². The fourth-order valence-corrected chi connectivity index (χ4v) is 4.65. The quantitative estimate of drug-likeness (QED) is 0.250. The normalized spacial score (nSPS) is 11.2. The smallest absolute Gasteiger partial charge is 0.266 e. The minimum atomic E-state index is -0.0817. The van der Waals surface area contributed by atoms with Crippen LogP contribution in [0.2, 0.25) is 0 Å². The van der Waals surface area contributed by atoms with Crippen molar-refractivity contribution in [1.82, 2.24) is 14.5 Å². The highest BCUT2D eigenvalue weighted by Gasteiger charge is 2.17. The molecule has 0 aliphatic carbocycles. The van der Waals surface area contributed by atoms with Crippen LogP contribution in [0.4, 0.5) is 0 Å². The number of para-hydroxylation sites is 2. The van der Waals surface area contributed by atoms with Gasteiger partial charge in [0.2, 0.25) is 5.89 Å². The lowest BCUT2D eigenvalue weighted by Gasteiger charge is -2.12. The molecule has 0 fully saturated rings. The number of aryl methyl sites for hydroxylation is 2. The molecular weight excluding hydrogens is 418 g/mol. The summed E-state index contributed by atoms with van der Waals surface area (Å²) in [5.41, 5.74) is 4.33. The van der Waals surface area contributed by atoms with E-state index in [2.05, 4.69) is 0 Å². The summed E-state index contributed by atoms with van der Waals surface area (Å²) in [5, 5.41) is 1.22. The Morgan fingerprint density at radius 1 is 0.875 bits per heavy atom. The van der Waals surface area contributed by atoms with Crippen LogP contribution in [0, 0.1) is 13.8 Å². The van der Waals surface area contributed by atoms with Gasteiger partial charge in [0.25, 0.3) is 5.56 Å². The van der Waals surface area contributed by atoms with Gasteiger partial charge in [-0.2, -0.15) is 0 Å². The van der Waals surface area contributed by atoms with Crippen molar-refractivity contribution in [3.8, 4) is 17.1 Å². The number of thioether (sulfide) groups is 1. The van der Waals surface area contributed by atoms with Crippen LogP contribution in [0.25, 0.3) is 28.0 Å². The standard InChI is InChI=1S/C26H21N3O2S/c1-17-10-6-7-13-20(17)24-27-23(18(2)31-24)16-32-26-28-22-15-9-8-14-21(22)25(30)29(26)19-11-4-3-5-12-19/h3-15H,16H2,1-2H3. The summed E-state index contributed by atoms with van der Waals surface area (Å²) in [5.74, 6) is 1.92. The van der Waals surface area contributed by atoms with Gasteiger partial charge in [-0.1, -0.05) is 60.3 Å². The molecule has 0 saturated carbocycles. The van der Waals surface area contributed by atoms with Crippen molar-refractivity contribution in [2.45, 2.75) is 24.8 Å². The van der Waals surface area contributed by atoms with E-state index in [0.717, 1.165) is 28.3 Å². The molecule has 0 aliphatic heterocycles. The summed E-state index contributed by atoms with van der Waals surface area (Å²) >= 11 is 1.48. The van der Waals surface area contributed by atoms with Crippen LogP contribution >= 0.6 is 11.8 Å². The minimum Gasteiger partial charge on any atom is -0.441 e. The molecule has 0 radical (unpaired) electrons. The number of oxazole rings is 1. The van der Waals surface area contributed by atoms with E-state index in [0.29, 0.717) is 27.7 Å². The van der Waals surface area contributed by atoms with Crippen LogP contribution in [-0.4, -0.2) is 14.5 Å². The monoisotopic (exact) mass is 439 g/mol. The van der Waals surface area contributed by atoms with E-state index in [4.69, 9.17) is 14.4 Å². The third-order valence-electron chi connectivity index (χ3n) is 5.37.